The molecular formula is C11H12N6O4. The van der Waals surface area contributed by atoms with Gasteiger partial charge in [-0.2, -0.15) is 5.21 Å². The van der Waals surface area contributed by atoms with Crippen molar-refractivity contribution >= 4 is 17.7 Å². The van der Waals surface area contributed by atoms with Gasteiger partial charge in [0.05, 0.1) is 6.04 Å². The van der Waals surface area contributed by atoms with Gasteiger partial charge in [0.2, 0.25) is 0 Å². The first-order chi connectivity index (χ1) is 9.97. The highest BCUT2D eigenvalue weighted by atomic mass is 16.4. The van der Waals surface area contributed by atoms with Gasteiger partial charge in [-0.25, -0.2) is 9.59 Å². The van der Waals surface area contributed by atoms with Crippen LogP contribution in [-0.2, 0) is 0 Å². The van der Waals surface area contributed by atoms with E-state index < -0.39 is 18.0 Å². The van der Waals surface area contributed by atoms with E-state index >= 15 is 0 Å². The van der Waals surface area contributed by atoms with Gasteiger partial charge in [0.25, 0.3) is 0 Å². The van der Waals surface area contributed by atoms with Crippen LogP contribution in [0.1, 0.15) is 29.1 Å². The molecule has 21 heavy (non-hydrogen) atoms. The van der Waals surface area contributed by atoms with Crippen molar-refractivity contribution in [3.05, 3.63) is 29.6 Å². The Kier molecular flexibility index (Phi) is 3.97. The van der Waals surface area contributed by atoms with Crippen LogP contribution in [0.3, 0.4) is 0 Å². The maximum absolute atomic E-state index is 11.8. The summed E-state index contributed by atoms with van der Waals surface area (Å²) in [4.78, 5) is 22.6. The number of benzene rings is 1. The molecule has 0 radical (unpaired) electrons. The van der Waals surface area contributed by atoms with Crippen molar-refractivity contribution in [1.29, 1.82) is 0 Å². The Morgan fingerprint density at radius 3 is 2.76 bits per heavy atom. The minimum absolute atomic E-state index is 0.225. The van der Waals surface area contributed by atoms with Crippen LogP contribution in [0, 0.1) is 0 Å². The van der Waals surface area contributed by atoms with E-state index in [-0.39, 0.29) is 17.0 Å². The summed E-state index contributed by atoms with van der Waals surface area (Å²) >= 11 is 0. The molecule has 110 valence electrons. The number of carbonyl (C=O) groups is 2. The Hall–Kier alpha value is -3.17. The number of carboxylic acid groups (broad SMARTS) is 1. The number of aromatic amines is 1. The largest absolute Gasteiger partial charge is 0.507 e. The van der Waals surface area contributed by atoms with Gasteiger partial charge in [-0.05, 0) is 25.1 Å². The number of rotatable bonds is 4. The second-order valence-electron chi connectivity index (χ2n) is 4.13. The summed E-state index contributed by atoms with van der Waals surface area (Å²) in [5.74, 6) is -1.37. The number of carbonyl (C=O) groups excluding carboxylic acids is 1. The van der Waals surface area contributed by atoms with Gasteiger partial charge < -0.3 is 20.8 Å². The van der Waals surface area contributed by atoms with Gasteiger partial charge in [-0.15, -0.1) is 10.2 Å². The zero-order chi connectivity index (χ0) is 15.4. The number of H-pyrrole nitrogens is 1. The van der Waals surface area contributed by atoms with E-state index in [4.69, 9.17) is 5.11 Å². The van der Waals surface area contributed by atoms with E-state index in [1.54, 1.807) is 6.92 Å². The van der Waals surface area contributed by atoms with Crippen molar-refractivity contribution in [2.75, 3.05) is 5.32 Å². The number of urea groups is 1. The van der Waals surface area contributed by atoms with E-state index in [1.165, 1.54) is 12.1 Å². The number of tetrazole rings is 1. The van der Waals surface area contributed by atoms with Crippen LogP contribution < -0.4 is 10.6 Å². The Balaban J connectivity index is 2.03. The molecule has 1 aromatic carbocycles. The summed E-state index contributed by atoms with van der Waals surface area (Å²) in [7, 11) is 0. The maximum Gasteiger partial charge on any atom is 0.339 e. The van der Waals surface area contributed by atoms with Gasteiger partial charge in [0.15, 0.2) is 5.82 Å². The van der Waals surface area contributed by atoms with Gasteiger partial charge in [0, 0.05) is 5.69 Å². The molecule has 0 saturated carbocycles. The van der Waals surface area contributed by atoms with Crippen LogP contribution in [0.15, 0.2) is 18.2 Å². The lowest BCUT2D eigenvalue weighted by Gasteiger charge is -2.12. The fourth-order valence-electron chi connectivity index (χ4n) is 1.57. The number of aromatic carboxylic acids is 1. The summed E-state index contributed by atoms with van der Waals surface area (Å²) in [6, 6.07) is 2.65. The smallest absolute Gasteiger partial charge is 0.339 e. The number of aromatic hydroxyl groups is 1. The van der Waals surface area contributed by atoms with Crippen LogP contribution in [0.2, 0.25) is 0 Å². The highest BCUT2D eigenvalue weighted by Crippen LogP contribution is 2.21. The fraction of sp³-hybridized carbons (Fsp3) is 0.182. The number of carboxylic acids is 1. The maximum atomic E-state index is 11.8. The van der Waals surface area contributed by atoms with Gasteiger partial charge in [-0.3, -0.25) is 0 Å². The summed E-state index contributed by atoms with van der Waals surface area (Å²) in [5, 5.41) is 36.3. The van der Waals surface area contributed by atoms with Crippen LogP contribution in [0.4, 0.5) is 10.5 Å². The number of anilines is 1. The third kappa shape index (κ3) is 3.43. The SMILES string of the molecule is CC(NC(=O)Nc1ccc(O)c(C(=O)O)c1)c1nn[nH]n1. The predicted octanol–water partition coefficient (Wildman–Crippen LogP) is 0.486. The fourth-order valence-corrected chi connectivity index (χ4v) is 1.57. The molecule has 0 aliphatic carbocycles. The third-order valence-corrected chi connectivity index (χ3v) is 2.58. The zero-order valence-electron chi connectivity index (χ0n) is 10.9. The third-order valence-electron chi connectivity index (χ3n) is 2.58. The molecule has 1 aromatic heterocycles. The zero-order valence-corrected chi connectivity index (χ0v) is 10.9. The lowest BCUT2D eigenvalue weighted by Crippen LogP contribution is -2.31. The Bertz CT molecular complexity index is 657. The Morgan fingerprint density at radius 2 is 2.14 bits per heavy atom. The molecule has 1 unspecified atom stereocenters. The minimum Gasteiger partial charge on any atom is -0.507 e. The monoisotopic (exact) mass is 292 g/mol. The van der Waals surface area contributed by atoms with Crippen molar-refractivity contribution < 1.29 is 19.8 Å². The molecule has 2 rings (SSSR count). The van der Waals surface area contributed by atoms with Crippen LogP contribution >= 0.6 is 0 Å². The van der Waals surface area contributed by atoms with Gasteiger partial charge >= 0.3 is 12.0 Å². The summed E-state index contributed by atoms with van der Waals surface area (Å²) in [5.41, 5.74) is -0.0815. The molecular weight excluding hydrogens is 280 g/mol. The molecule has 0 saturated heterocycles. The molecule has 2 aromatic rings. The van der Waals surface area contributed by atoms with E-state index in [9.17, 15) is 14.7 Å². The number of hydrogen-bond donors (Lipinski definition) is 5. The van der Waals surface area contributed by atoms with Crippen LogP contribution in [0.5, 0.6) is 5.75 Å². The molecule has 1 heterocycles. The van der Waals surface area contributed by atoms with E-state index in [1.807, 2.05) is 0 Å². The van der Waals surface area contributed by atoms with Crippen molar-refractivity contribution in [3.8, 4) is 5.75 Å². The molecule has 1 atom stereocenters. The van der Waals surface area contributed by atoms with Crippen LogP contribution in [0.25, 0.3) is 0 Å². The van der Waals surface area contributed by atoms with E-state index in [2.05, 4.69) is 31.3 Å². The topological polar surface area (TPSA) is 153 Å². The van der Waals surface area contributed by atoms with Crippen molar-refractivity contribution in [2.45, 2.75) is 13.0 Å². The summed E-state index contributed by atoms with van der Waals surface area (Å²) in [6.07, 6.45) is 0. The minimum atomic E-state index is -1.29. The molecule has 10 nitrogen and oxygen atoms in total. The molecule has 5 N–H and O–H groups in total. The van der Waals surface area contributed by atoms with Crippen molar-refractivity contribution in [2.24, 2.45) is 0 Å². The Morgan fingerprint density at radius 1 is 1.38 bits per heavy atom. The van der Waals surface area contributed by atoms with Gasteiger partial charge in [-0.1, -0.05) is 5.21 Å². The van der Waals surface area contributed by atoms with Crippen LogP contribution in [-0.4, -0.2) is 42.8 Å². The second kappa shape index (κ2) is 5.86. The molecule has 0 aliphatic rings. The van der Waals surface area contributed by atoms with Gasteiger partial charge in [0.1, 0.15) is 11.3 Å². The molecule has 0 spiro atoms. The molecule has 10 heteroatoms. The summed E-state index contributed by atoms with van der Waals surface area (Å²) < 4.78 is 0. The molecule has 0 aliphatic heterocycles. The van der Waals surface area contributed by atoms with Crippen molar-refractivity contribution in [3.63, 3.8) is 0 Å². The number of amides is 2. The predicted molar refractivity (Wildman–Crippen MR) is 69.8 cm³/mol. The lowest BCUT2D eigenvalue weighted by atomic mass is 10.2. The first kappa shape index (κ1) is 14.2. The number of phenols is 1. The normalized spacial score (nSPS) is 11.7. The average Bonchev–Trinajstić information content (AvgIpc) is 2.94. The lowest BCUT2D eigenvalue weighted by molar-refractivity contribution is 0.0693. The molecule has 0 fully saturated rings. The number of nitrogens with one attached hydrogen (secondary N) is 3. The highest BCUT2D eigenvalue weighted by Gasteiger charge is 2.15. The highest BCUT2D eigenvalue weighted by molar-refractivity contribution is 5.95. The number of hydrogen-bond acceptors (Lipinski definition) is 6. The van der Waals surface area contributed by atoms with Crippen molar-refractivity contribution in [1.82, 2.24) is 25.9 Å². The average molecular weight is 292 g/mol. The van der Waals surface area contributed by atoms with E-state index in [0.29, 0.717) is 5.82 Å². The van der Waals surface area contributed by atoms with E-state index in [0.717, 1.165) is 6.07 Å². The molecule has 0 bridgehead atoms. The first-order valence-electron chi connectivity index (χ1n) is 5.84. The number of nitrogens with zero attached hydrogens (tertiary/aromatic N) is 3. The number of aromatic nitrogens is 4. The molecule has 2 amide bonds. The first-order valence-corrected chi connectivity index (χ1v) is 5.84. The Labute approximate surface area is 118 Å². The second-order valence-corrected chi connectivity index (χ2v) is 4.13. The summed E-state index contributed by atoms with van der Waals surface area (Å²) in [6.45, 7) is 1.66. The quantitative estimate of drug-likeness (QED) is 0.514. The standard InChI is InChI=1S/C11H12N6O4/c1-5(9-14-16-17-15-9)12-11(21)13-6-2-3-8(18)7(4-6)10(19)20/h2-5,18H,1H3,(H,19,20)(H2,12,13,21)(H,14,15,16,17).